The first-order valence-corrected chi connectivity index (χ1v) is 8.65. The number of Topliss-reactive ketones (excluding diaryl/α,β-unsaturated/α-hetero) is 1. The molecule has 1 atom stereocenters. The molecule has 0 bridgehead atoms. The summed E-state index contributed by atoms with van der Waals surface area (Å²) in [7, 11) is 3.27. The fraction of sp³-hybridized carbons (Fsp3) is 0.318. The molecule has 0 spiro atoms. The van der Waals surface area contributed by atoms with Crippen LogP contribution in [0.3, 0.4) is 0 Å². The highest BCUT2D eigenvalue weighted by atomic mass is 16.5. The molecule has 0 aromatic heterocycles. The van der Waals surface area contributed by atoms with Gasteiger partial charge in [0.25, 0.3) is 0 Å². The molecule has 4 heteroatoms. The monoisotopic (exact) mass is 352 g/mol. The lowest BCUT2D eigenvalue weighted by Gasteiger charge is -2.28. The first-order chi connectivity index (χ1) is 12.4. The van der Waals surface area contributed by atoms with Crippen molar-refractivity contribution in [1.82, 2.24) is 0 Å². The van der Waals surface area contributed by atoms with Crippen LogP contribution in [0.1, 0.15) is 47.9 Å². The van der Waals surface area contributed by atoms with Crippen LogP contribution in [-0.4, -0.2) is 25.6 Å². The van der Waals surface area contributed by atoms with Gasteiger partial charge >= 0.3 is 0 Å². The number of fused-ring (bicyclic) bond motifs is 1. The zero-order valence-corrected chi connectivity index (χ0v) is 15.6. The van der Waals surface area contributed by atoms with E-state index < -0.39 is 5.60 Å². The molecule has 0 amide bonds. The molecule has 2 aromatic carbocycles. The molecule has 4 nitrogen and oxygen atoms in total. The van der Waals surface area contributed by atoms with E-state index in [0.29, 0.717) is 23.5 Å². The number of hydrogen-bond donors (Lipinski definition) is 0. The van der Waals surface area contributed by atoms with Crippen LogP contribution in [0.2, 0.25) is 0 Å². The minimum Gasteiger partial charge on any atom is -0.496 e. The predicted octanol–water partition coefficient (Wildman–Crippen LogP) is 4.84. The summed E-state index contributed by atoms with van der Waals surface area (Å²) in [6.07, 6.45) is 3.87. The average molecular weight is 352 g/mol. The lowest BCUT2D eigenvalue weighted by Crippen LogP contribution is -2.21. The van der Waals surface area contributed by atoms with Crippen LogP contribution in [0.5, 0.6) is 11.5 Å². The topological polar surface area (TPSA) is 44.8 Å². The van der Waals surface area contributed by atoms with Crippen molar-refractivity contribution in [2.24, 2.45) is 0 Å². The lowest BCUT2D eigenvalue weighted by molar-refractivity contribution is 0.0663. The Labute approximate surface area is 154 Å². The van der Waals surface area contributed by atoms with Crippen molar-refractivity contribution < 1.29 is 19.0 Å². The maximum Gasteiger partial charge on any atom is 0.170 e. The molecule has 0 aliphatic carbocycles. The van der Waals surface area contributed by atoms with Gasteiger partial charge in [0.05, 0.1) is 30.3 Å². The maximum absolute atomic E-state index is 12.7. The Morgan fingerprint density at radius 3 is 2.50 bits per heavy atom. The molecule has 136 valence electrons. The Morgan fingerprint density at radius 1 is 1.12 bits per heavy atom. The Balaban J connectivity index is 2.06. The van der Waals surface area contributed by atoms with E-state index in [1.54, 1.807) is 20.3 Å². The number of rotatable bonds is 5. The highest BCUT2D eigenvalue weighted by Crippen LogP contribution is 2.42. The van der Waals surface area contributed by atoms with Gasteiger partial charge in [-0.15, -0.1) is 0 Å². The molecule has 1 aliphatic heterocycles. The first kappa shape index (κ1) is 18.2. The zero-order chi connectivity index (χ0) is 18.7. The van der Waals surface area contributed by atoms with E-state index in [1.165, 1.54) is 0 Å². The lowest BCUT2D eigenvalue weighted by atomic mass is 9.93. The minimum atomic E-state index is -0.439. The van der Waals surface area contributed by atoms with Crippen molar-refractivity contribution in [3.63, 3.8) is 0 Å². The molecule has 26 heavy (non-hydrogen) atoms. The summed E-state index contributed by atoms with van der Waals surface area (Å²) < 4.78 is 17.2. The van der Waals surface area contributed by atoms with Gasteiger partial charge in [0.15, 0.2) is 5.78 Å². The number of benzene rings is 2. The van der Waals surface area contributed by atoms with Crippen LogP contribution < -0.4 is 9.47 Å². The number of hydrogen-bond acceptors (Lipinski definition) is 4. The minimum absolute atomic E-state index is 0.0726. The molecule has 0 saturated heterocycles. The Morgan fingerprint density at radius 2 is 1.85 bits per heavy atom. The van der Waals surface area contributed by atoms with Crippen LogP contribution in [0.4, 0.5) is 0 Å². The van der Waals surface area contributed by atoms with Gasteiger partial charge in [-0.1, -0.05) is 36.4 Å². The quantitative estimate of drug-likeness (QED) is 0.772. The second-order valence-corrected chi connectivity index (χ2v) is 6.84. The van der Waals surface area contributed by atoms with Crippen molar-refractivity contribution in [2.45, 2.75) is 32.0 Å². The maximum atomic E-state index is 12.7. The summed E-state index contributed by atoms with van der Waals surface area (Å²) in [5, 5.41) is 0. The van der Waals surface area contributed by atoms with Gasteiger partial charge in [-0.3, -0.25) is 4.79 Å². The highest BCUT2D eigenvalue weighted by Gasteiger charge is 2.30. The Bertz CT molecular complexity index is 822. The van der Waals surface area contributed by atoms with Gasteiger partial charge in [-0.05, 0) is 37.6 Å². The van der Waals surface area contributed by atoms with Gasteiger partial charge < -0.3 is 14.2 Å². The van der Waals surface area contributed by atoms with Crippen molar-refractivity contribution in [3.8, 4) is 11.5 Å². The summed E-state index contributed by atoms with van der Waals surface area (Å²) in [6, 6.07) is 13.4. The largest absolute Gasteiger partial charge is 0.496 e. The first-order valence-electron chi connectivity index (χ1n) is 8.65. The molecular formula is C22H24O4. The Kier molecular flexibility index (Phi) is 5.14. The number of ether oxygens (including phenoxy) is 3. The molecular weight excluding hydrogens is 328 g/mol. The van der Waals surface area contributed by atoms with E-state index in [4.69, 9.17) is 14.2 Å². The van der Waals surface area contributed by atoms with Crippen LogP contribution in [-0.2, 0) is 4.74 Å². The van der Waals surface area contributed by atoms with Crippen molar-refractivity contribution in [2.75, 3.05) is 14.2 Å². The second-order valence-electron chi connectivity index (χ2n) is 6.84. The van der Waals surface area contributed by atoms with Gasteiger partial charge in [0, 0.05) is 7.11 Å². The molecule has 2 aromatic rings. The van der Waals surface area contributed by atoms with E-state index in [0.717, 1.165) is 11.1 Å². The summed E-state index contributed by atoms with van der Waals surface area (Å²) in [4.78, 5) is 12.7. The predicted molar refractivity (Wildman–Crippen MR) is 102 cm³/mol. The smallest absolute Gasteiger partial charge is 0.170 e. The fourth-order valence-electron chi connectivity index (χ4n) is 2.93. The molecule has 0 N–H and O–H groups in total. The third-order valence-corrected chi connectivity index (χ3v) is 4.66. The van der Waals surface area contributed by atoms with E-state index in [9.17, 15) is 4.79 Å². The van der Waals surface area contributed by atoms with Crippen molar-refractivity contribution in [3.05, 3.63) is 65.2 Å². The van der Waals surface area contributed by atoms with Gasteiger partial charge in [0.1, 0.15) is 17.6 Å². The van der Waals surface area contributed by atoms with Crippen LogP contribution >= 0.6 is 0 Å². The highest BCUT2D eigenvalue weighted by molar-refractivity contribution is 6.01. The molecule has 0 radical (unpaired) electrons. The third kappa shape index (κ3) is 3.65. The van der Waals surface area contributed by atoms with Crippen molar-refractivity contribution in [1.29, 1.82) is 0 Å². The fourth-order valence-corrected chi connectivity index (χ4v) is 2.93. The molecule has 1 unspecified atom stereocenters. The standard InChI is InChI=1S/C22H24O4/c1-22(2,25-4)13-12-17-19(24-3)11-10-16-18(23)14-20(26-21(16)17)15-8-6-5-7-9-15/h5-13,20H,14H2,1-4H3/b13-12-. The number of carbonyl (C=O) groups is 1. The van der Waals surface area contributed by atoms with E-state index in [1.807, 2.05) is 62.4 Å². The zero-order valence-electron chi connectivity index (χ0n) is 15.6. The van der Waals surface area contributed by atoms with E-state index in [-0.39, 0.29) is 11.9 Å². The molecule has 3 rings (SSSR count). The van der Waals surface area contributed by atoms with E-state index in [2.05, 4.69) is 0 Å². The number of methoxy groups -OCH3 is 2. The van der Waals surface area contributed by atoms with Crippen molar-refractivity contribution >= 4 is 11.9 Å². The molecule has 0 saturated carbocycles. The van der Waals surface area contributed by atoms with Crippen LogP contribution in [0.25, 0.3) is 6.08 Å². The third-order valence-electron chi connectivity index (χ3n) is 4.66. The van der Waals surface area contributed by atoms with E-state index >= 15 is 0 Å². The number of ketones is 1. The molecule has 1 heterocycles. The summed E-state index contributed by atoms with van der Waals surface area (Å²) in [5.74, 6) is 1.30. The SMILES string of the molecule is COc1ccc2c(c1/C=C\C(C)(C)OC)OC(c1ccccc1)CC2=O. The van der Waals surface area contributed by atoms with Gasteiger partial charge in [-0.2, -0.15) is 0 Å². The summed E-state index contributed by atoms with van der Waals surface area (Å²) in [5.41, 5.74) is 1.89. The summed E-state index contributed by atoms with van der Waals surface area (Å²) in [6.45, 7) is 3.92. The van der Waals surface area contributed by atoms with Crippen LogP contribution in [0, 0.1) is 0 Å². The number of carbonyl (C=O) groups excluding carboxylic acids is 1. The normalized spacial score (nSPS) is 17.1. The summed E-state index contributed by atoms with van der Waals surface area (Å²) >= 11 is 0. The van der Waals surface area contributed by atoms with Crippen LogP contribution in [0.15, 0.2) is 48.5 Å². The van der Waals surface area contributed by atoms with Gasteiger partial charge in [0.2, 0.25) is 0 Å². The Hall–Kier alpha value is -2.59. The molecule has 0 fully saturated rings. The molecule has 1 aliphatic rings. The van der Waals surface area contributed by atoms with Gasteiger partial charge in [-0.25, -0.2) is 0 Å². The average Bonchev–Trinajstić information content (AvgIpc) is 2.66. The second kappa shape index (κ2) is 7.34.